The molecule has 17 heavy (non-hydrogen) atoms. The topological polar surface area (TPSA) is 69.6 Å². The first-order valence-electron chi connectivity index (χ1n) is 6.32. The van der Waals surface area contributed by atoms with Crippen molar-refractivity contribution in [2.24, 2.45) is 0 Å². The number of hydrogen-bond donors (Lipinski definition) is 3. The van der Waals surface area contributed by atoms with Crippen molar-refractivity contribution in [1.82, 2.24) is 5.32 Å². The number of halogens is 1. The predicted octanol–water partition coefficient (Wildman–Crippen LogP) is 0.413. The number of amides is 1. The Kier molecular flexibility index (Phi) is 2.15. The van der Waals surface area contributed by atoms with Gasteiger partial charge in [0.15, 0.2) is 5.67 Å². The average molecular weight is 243 g/mol. The minimum atomic E-state index is -1.65. The van der Waals surface area contributed by atoms with Crippen molar-refractivity contribution in [1.29, 1.82) is 0 Å². The molecular weight excluding hydrogens is 225 g/mol. The van der Waals surface area contributed by atoms with Crippen molar-refractivity contribution < 1.29 is 19.4 Å². The maximum Gasteiger partial charge on any atom is 0.257 e. The van der Waals surface area contributed by atoms with Gasteiger partial charge in [0, 0.05) is 6.04 Å². The number of carbonyl (C=O) groups excluding carboxylic acids is 1. The Bertz CT molecular complexity index is 357. The molecule has 0 unspecified atom stereocenters. The van der Waals surface area contributed by atoms with E-state index in [0.29, 0.717) is 38.5 Å². The SMILES string of the molecule is O=C(NC1CC(O)(C2(O)CCC2)C1)C1(F)CC1. The molecule has 3 aliphatic rings. The van der Waals surface area contributed by atoms with Gasteiger partial charge >= 0.3 is 0 Å². The van der Waals surface area contributed by atoms with Gasteiger partial charge in [0.2, 0.25) is 0 Å². The van der Waals surface area contributed by atoms with Gasteiger partial charge in [-0.25, -0.2) is 4.39 Å². The lowest BCUT2D eigenvalue weighted by atomic mass is 9.58. The third kappa shape index (κ3) is 1.59. The lowest BCUT2D eigenvalue weighted by Gasteiger charge is -2.57. The highest BCUT2D eigenvalue weighted by molar-refractivity contribution is 5.88. The standard InChI is InChI=1S/C12H18FNO3/c13-10(4-5-10)9(15)14-8-6-12(17,7-8)11(16)2-1-3-11/h8,16-17H,1-7H2,(H,14,15). The fourth-order valence-electron chi connectivity index (χ4n) is 2.87. The van der Waals surface area contributed by atoms with E-state index in [0.717, 1.165) is 6.42 Å². The van der Waals surface area contributed by atoms with Crippen molar-refractivity contribution in [3.63, 3.8) is 0 Å². The van der Waals surface area contributed by atoms with E-state index in [2.05, 4.69) is 5.32 Å². The van der Waals surface area contributed by atoms with Gasteiger partial charge < -0.3 is 15.5 Å². The molecule has 4 nitrogen and oxygen atoms in total. The fourth-order valence-corrected chi connectivity index (χ4v) is 2.87. The molecule has 3 N–H and O–H groups in total. The predicted molar refractivity (Wildman–Crippen MR) is 58.0 cm³/mol. The van der Waals surface area contributed by atoms with Crippen LogP contribution in [0.1, 0.15) is 44.9 Å². The van der Waals surface area contributed by atoms with Crippen LogP contribution in [-0.4, -0.2) is 39.0 Å². The largest absolute Gasteiger partial charge is 0.387 e. The summed E-state index contributed by atoms with van der Waals surface area (Å²) in [5, 5.41) is 22.9. The lowest BCUT2D eigenvalue weighted by Crippen LogP contribution is -2.69. The molecule has 3 aliphatic carbocycles. The van der Waals surface area contributed by atoms with E-state index in [1.165, 1.54) is 0 Å². The smallest absolute Gasteiger partial charge is 0.257 e. The van der Waals surface area contributed by atoms with Crippen LogP contribution in [0.4, 0.5) is 4.39 Å². The van der Waals surface area contributed by atoms with Crippen LogP contribution in [0, 0.1) is 0 Å². The molecule has 0 aromatic rings. The molecule has 1 amide bonds. The molecule has 0 aliphatic heterocycles. The van der Waals surface area contributed by atoms with Crippen molar-refractivity contribution in [2.45, 2.75) is 67.9 Å². The molecule has 0 atom stereocenters. The van der Waals surface area contributed by atoms with Gasteiger partial charge in [0.05, 0.1) is 11.2 Å². The molecular formula is C12H18FNO3. The number of alkyl halides is 1. The molecule has 0 heterocycles. The van der Waals surface area contributed by atoms with Gasteiger partial charge in [0.25, 0.3) is 5.91 Å². The highest BCUT2D eigenvalue weighted by atomic mass is 19.1. The molecule has 3 rings (SSSR count). The Morgan fingerprint density at radius 3 is 2.12 bits per heavy atom. The van der Waals surface area contributed by atoms with E-state index < -0.39 is 22.8 Å². The van der Waals surface area contributed by atoms with Crippen LogP contribution in [0.5, 0.6) is 0 Å². The zero-order valence-corrected chi connectivity index (χ0v) is 9.71. The lowest BCUT2D eigenvalue weighted by molar-refractivity contribution is -0.232. The fraction of sp³-hybridized carbons (Fsp3) is 0.917. The van der Waals surface area contributed by atoms with E-state index in [1.807, 2.05) is 0 Å². The molecule has 5 heteroatoms. The van der Waals surface area contributed by atoms with Gasteiger partial charge in [-0.1, -0.05) is 0 Å². The Labute approximate surface area is 99.2 Å². The Morgan fingerprint density at radius 2 is 1.71 bits per heavy atom. The first-order valence-corrected chi connectivity index (χ1v) is 6.32. The van der Waals surface area contributed by atoms with Gasteiger partial charge in [-0.15, -0.1) is 0 Å². The van der Waals surface area contributed by atoms with E-state index in [1.54, 1.807) is 0 Å². The highest BCUT2D eigenvalue weighted by Gasteiger charge is 2.60. The molecule has 96 valence electrons. The van der Waals surface area contributed by atoms with Crippen molar-refractivity contribution in [2.75, 3.05) is 0 Å². The zero-order chi connectivity index (χ0) is 12.3. The van der Waals surface area contributed by atoms with E-state index in [-0.39, 0.29) is 6.04 Å². The number of hydrogen-bond acceptors (Lipinski definition) is 3. The summed E-state index contributed by atoms with van der Waals surface area (Å²) in [4.78, 5) is 11.4. The average Bonchev–Trinajstić information content (AvgIpc) is 2.91. The first kappa shape index (κ1) is 11.4. The summed E-state index contributed by atoms with van der Waals surface area (Å²) in [6, 6.07) is -0.189. The van der Waals surface area contributed by atoms with Crippen LogP contribution in [0.25, 0.3) is 0 Å². The zero-order valence-electron chi connectivity index (χ0n) is 9.71. The van der Waals surface area contributed by atoms with Crippen LogP contribution in [-0.2, 0) is 4.79 Å². The summed E-state index contributed by atoms with van der Waals surface area (Å²) in [5.74, 6) is -0.551. The van der Waals surface area contributed by atoms with Crippen molar-refractivity contribution >= 4 is 5.91 Å². The number of rotatable bonds is 3. The molecule has 0 aromatic heterocycles. The van der Waals surface area contributed by atoms with E-state index in [4.69, 9.17) is 0 Å². The second-order valence-corrected chi connectivity index (χ2v) is 5.96. The van der Waals surface area contributed by atoms with Crippen LogP contribution in [0.2, 0.25) is 0 Å². The summed E-state index contributed by atoms with van der Waals surface area (Å²) in [5.41, 5.74) is -3.70. The Balaban J connectivity index is 1.52. The summed E-state index contributed by atoms with van der Waals surface area (Å²) in [6.07, 6.45) is 3.47. The van der Waals surface area contributed by atoms with Gasteiger partial charge in [-0.2, -0.15) is 0 Å². The molecule has 0 saturated heterocycles. The van der Waals surface area contributed by atoms with Crippen molar-refractivity contribution in [3.8, 4) is 0 Å². The number of nitrogens with one attached hydrogen (secondary N) is 1. The number of carbonyl (C=O) groups is 1. The van der Waals surface area contributed by atoms with E-state index >= 15 is 0 Å². The Morgan fingerprint density at radius 1 is 1.12 bits per heavy atom. The molecule has 0 aromatic carbocycles. The van der Waals surface area contributed by atoms with Crippen LogP contribution in [0.15, 0.2) is 0 Å². The number of aliphatic hydroxyl groups is 2. The second kappa shape index (κ2) is 3.20. The minimum absolute atomic E-state index is 0.189. The maximum absolute atomic E-state index is 13.4. The molecule has 0 bridgehead atoms. The summed E-state index contributed by atoms with van der Waals surface area (Å²) in [7, 11) is 0. The van der Waals surface area contributed by atoms with E-state index in [9.17, 15) is 19.4 Å². The summed E-state index contributed by atoms with van der Waals surface area (Å²) in [6.45, 7) is 0. The highest BCUT2D eigenvalue weighted by Crippen LogP contribution is 2.51. The van der Waals surface area contributed by atoms with Gasteiger partial charge in [0.1, 0.15) is 0 Å². The quantitative estimate of drug-likeness (QED) is 0.672. The maximum atomic E-state index is 13.4. The minimum Gasteiger partial charge on any atom is -0.387 e. The summed E-state index contributed by atoms with van der Waals surface area (Å²) < 4.78 is 13.4. The first-order chi connectivity index (χ1) is 7.87. The van der Waals surface area contributed by atoms with Crippen LogP contribution >= 0.6 is 0 Å². The molecule has 3 fully saturated rings. The molecule has 0 radical (unpaired) electrons. The second-order valence-electron chi connectivity index (χ2n) is 5.96. The third-order valence-electron chi connectivity index (χ3n) is 4.65. The van der Waals surface area contributed by atoms with Crippen LogP contribution in [0.3, 0.4) is 0 Å². The van der Waals surface area contributed by atoms with Gasteiger partial charge in [-0.3, -0.25) is 4.79 Å². The normalized spacial score (nSPS) is 41.0. The third-order valence-corrected chi connectivity index (χ3v) is 4.65. The van der Waals surface area contributed by atoms with Crippen molar-refractivity contribution in [3.05, 3.63) is 0 Å². The monoisotopic (exact) mass is 243 g/mol. The summed E-state index contributed by atoms with van der Waals surface area (Å²) >= 11 is 0. The Hall–Kier alpha value is -0.680. The molecule has 0 spiro atoms. The van der Waals surface area contributed by atoms with Gasteiger partial charge in [-0.05, 0) is 44.9 Å². The molecule has 3 saturated carbocycles. The van der Waals surface area contributed by atoms with Crippen LogP contribution < -0.4 is 5.32 Å².